The molecule has 2 aromatic rings. The van der Waals surface area contributed by atoms with E-state index in [1.54, 1.807) is 7.05 Å². The van der Waals surface area contributed by atoms with Crippen LogP contribution >= 0.6 is 0 Å². The highest BCUT2D eigenvalue weighted by atomic mass is 16.4. The van der Waals surface area contributed by atoms with Crippen molar-refractivity contribution >= 4 is 29.0 Å². The molecule has 0 aliphatic carbocycles. The van der Waals surface area contributed by atoms with E-state index in [-0.39, 0.29) is 18.4 Å². The number of nitrogens with zero attached hydrogens (tertiary/aromatic N) is 3. The van der Waals surface area contributed by atoms with Gasteiger partial charge in [0.05, 0.1) is 6.04 Å². The van der Waals surface area contributed by atoms with Crippen LogP contribution in [0.15, 0.2) is 36.5 Å². The minimum atomic E-state index is -1.06. The summed E-state index contributed by atoms with van der Waals surface area (Å²) in [5.74, 6) is 1.10. The van der Waals surface area contributed by atoms with Gasteiger partial charge in [0.2, 0.25) is 0 Å². The molecular weight excluding hydrogens is 332 g/mol. The Balaban J connectivity index is 1.75. The molecule has 3 rings (SSSR count). The van der Waals surface area contributed by atoms with Gasteiger partial charge in [0.15, 0.2) is 0 Å². The normalized spacial score (nSPS) is 16.4. The van der Waals surface area contributed by atoms with Crippen molar-refractivity contribution in [3.63, 3.8) is 0 Å². The first-order valence-electron chi connectivity index (χ1n) is 8.87. The molecule has 0 spiro atoms. The monoisotopic (exact) mass is 356 g/mol. The Morgan fingerprint density at radius 1 is 1.38 bits per heavy atom. The summed E-state index contributed by atoms with van der Waals surface area (Å²) in [4.78, 5) is 29.3. The number of hydrogen-bond acceptors (Lipinski definition) is 5. The second-order valence-electron chi connectivity index (χ2n) is 6.53. The number of anilines is 1. The van der Waals surface area contributed by atoms with E-state index in [0.29, 0.717) is 0 Å². The highest BCUT2D eigenvalue weighted by Gasteiger charge is 2.33. The van der Waals surface area contributed by atoms with Crippen molar-refractivity contribution in [1.29, 1.82) is 0 Å². The summed E-state index contributed by atoms with van der Waals surface area (Å²) in [6, 6.07) is 9.83. The van der Waals surface area contributed by atoms with E-state index >= 15 is 0 Å². The predicted octanol–water partition coefficient (Wildman–Crippen LogP) is 2.52. The van der Waals surface area contributed by atoms with E-state index in [1.165, 1.54) is 0 Å². The Morgan fingerprint density at radius 3 is 2.77 bits per heavy atom. The molecule has 1 aliphatic heterocycles. The Hall–Kier alpha value is -2.67. The Morgan fingerprint density at radius 2 is 2.12 bits per heavy atom. The largest absolute Gasteiger partial charge is 0.464 e. The van der Waals surface area contributed by atoms with Crippen LogP contribution in [0, 0.1) is 5.92 Å². The van der Waals surface area contributed by atoms with Crippen LogP contribution in [-0.2, 0) is 4.79 Å². The Bertz CT molecular complexity index is 769. The Kier molecular flexibility index (Phi) is 5.68. The van der Waals surface area contributed by atoms with Gasteiger partial charge in [-0.2, -0.15) is 0 Å². The lowest BCUT2D eigenvalue weighted by atomic mass is 9.87. The first kappa shape index (κ1) is 18.1. The number of hydrogen-bond donors (Lipinski definition) is 2. The maximum absolute atomic E-state index is 11.4. The van der Waals surface area contributed by atoms with Gasteiger partial charge in [-0.25, -0.2) is 20.2 Å². The number of rotatable bonds is 6. The van der Waals surface area contributed by atoms with E-state index in [0.717, 1.165) is 53.8 Å². The maximum Gasteiger partial charge on any atom is 0.422 e. The summed E-state index contributed by atoms with van der Waals surface area (Å²) in [5, 5.41) is 12.8. The molecule has 1 fully saturated rings. The molecule has 1 saturated heterocycles. The third-order valence-corrected chi connectivity index (χ3v) is 5.15. The van der Waals surface area contributed by atoms with Gasteiger partial charge in [-0.15, -0.1) is 0 Å². The highest BCUT2D eigenvalue weighted by Crippen LogP contribution is 2.31. The standard InChI is InChI=1S/C19H24N4O3/c1-20-23(19(25)26)17(9-13-24)15-7-11-22(12-8-15)18-16-5-3-2-4-14(16)6-10-21-18/h2-6,10,13,15,17,20H,7-9,11-12H2,1H3,(H,25,26). The molecule has 26 heavy (non-hydrogen) atoms. The SMILES string of the molecule is CNN(C(=O)O)C(CC=O)C1CCN(c2nccc3ccccc23)CC1. The number of aldehydes is 1. The smallest absolute Gasteiger partial charge is 0.422 e. The lowest BCUT2D eigenvalue weighted by molar-refractivity contribution is -0.109. The van der Waals surface area contributed by atoms with Crippen LogP contribution in [0.4, 0.5) is 10.6 Å². The average Bonchev–Trinajstić information content (AvgIpc) is 2.67. The van der Waals surface area contributed by atoms with Crippen molar-refractivity contribution in [2.24, 2.45) is 5.92 Å². The molecule has 2 heterocycles. The topological polar surface area (TPSA) is 85.8 Å². The fourth-order valence-corrected chi connectivity index (χ4v) is 3.86. The molecule has 0 bridgehead atoms. The summed E-state index contributed by atoms with van der Waals surface area (Å²) in [7, 11) is 1.57. The summed E-state index contributed by atoms with van der Waals surface area (Å²) in [5.41, 5.74) is 2.70. The number of carbonyl (C=O) groups is 2. The number of aromatic nitrogens is 1. The molecule has 7 heteroatoms. The van der Waals surface area contributed by atoms with Gasteiger partial charge in [0.1, 0.15) is 12.1 Å². The third kappa shape index (κ3) is 3.62. The van der Waals surface area contributed by atoms with Crippen molar-refractivity contribution in [1.82, 2.24) is 15.4 Å². The first-order valence-corrected chi connectivity index (χ1v) is 8.87. The van der Waals surface area contributed by atoms with Gasteiger partial charge in [0.25, 0.3) is 0 Å². The Labute approximate surface area is 152 Å². The zero-order chi connectivity index (χ0) is 18.5. The number of carboxylic acid groups (broad SMARTS) is 1. The lowest BCUT2D eigenvalue weighted by Gasteiger charge is -2.39. The molecule has 1 aromatic carbocycles. The van der Waals surface area contributed by atoms with E-state index in [1.807, 2.05) is 24.4 Å². The van der Waals surface area contributed by atoms with Crippen LogP contribution in [0.3, 0.4) is 0 Å². The summed E-state index contributed by atoms with van der Waals surface area (Å²) >= 11 is 0. The van der Waals surface area contributed by atoms with Gasteiger partial charge in [-0.1, -0.05) is 24.3 Å². The number of piperidine rings is 1. The maximum atomic E-state index is 11.4. The molecule has 2 N–H and O–H groups in total. The lowest BCUT2D eigenvalue weighted by Crippen LogP contribution is -2.52. The molecule has 0 radical (unpaired) electrons. The zero-order valence-corrected chi connectivity index (χ0v) is 14.8. The minimum Gasteiger partial charge on any atom is -0.464 e. The molecule has 0 saturated carbocycles. The number of fused-ring (bicyclic) bond motifs is 1. The van der Waals surface area contributed by atoms with Crippen molar-refractivity contribution in [3.8, 4) is 0 Å². The van der Waals surface area contributed by atoms with Crippen molar-refractivity contribution in [2.45, 2.75) is 25.3 Å². The quantitative estimate of drug-likeness (QED) is 0.611. The minimum absolute atomic E-state index is 0.134. The van der Waals surface area contributed by atoms with E-state index in [9.17, 15) is 14.7 Å². The molecule has 7 nitrogen and oxygen atoms in total. The highest BCUT2D eigenvalue weighted by molar-refractivity contribution is 5.92. The van der Waals surface area contributed by atoms with Crippen LogP contribution in [0.1, 0.15) is 19.3 Å². The van der Waals surface area contributed by atoms with Gasteiger partial charge in [0, 0.05) is 38.1 Å². The molecule has 1 unspecified atom stereocenters. The second-order valence-corrected chi connectivity index (χ2v) is 6.53. The van der Waals surface area contributed by atoms with E-state index in [2.05, 4.69) is 27.4 Å². The van der Waals surface area contributed by atoms with Crippen LogP contribution < -0.4 is 10.3 Å². The molecule has 138 valence electrons. The number of nitrogens with one attached hydrogen (secondary N) is 1. The van der Waals surface area contributed by atoms with Crippen LogP contribution in [0.5, 0.6) is 0 Å². The average molecular weight is 356 g/mol. The number of hydrazine groups is 1. The number of amides is 1. The van der Waals surface area contributed by atoms with E-state index < -0.39 is 6.09 Å². The van der Waals surface area contributed by atoms with Crippen LogP contribution in [0.25, 0.3) is 10.8 Å². The summed E-state index contributed by atoms with van der Waals surface area (Å²) in [6.07, 6.45) is 3.40. The van der Waals surface area contributed by atoms with Crippen LogP contribution in [0.2, 0.25) is 0 Å². The molecule has 1 aliphatic rings. The van der Waals surface area contributed by atoms with Gasteiger partial charge in [-0.05, 0) is 30.2 Å². The molecule has 1 atom stereocenters. The predicted molar refractivity (Wildman–Crippen MR) is 100 cm³/mol. The summed E-state index contributed by atoms with van der Waals surface area (Å²) in [6.45, 7) is 1.58. The van der Waals surface area contributed by atoms with Crippen molar-refractivity contribution in [3.05, 3.63) is 36.5 Å². The third-order valence-electron chi connectivity index (χ3n) is 5.15. The number of carbonyl (C=O) groups excluding carboxylic acids is 1. The fraction of sp³-hybridized carbons (Fsp3) is 0.421. The van der Waals surface area contributed by atoms with Crippen LogP contribution in [-0.4, -0.2) is 53.7 Å². The van der Waals surface area contributed by atoms with Gasteiger partial charge < -0.3 is 14.8 Å². The molecular formula is C19H24N4O3. The molecule has 1 amide bonds. The van der Waals surface area contributed by atoms with E-state index in [4.69, 9.17) is 0 Å². The summed E-state index contributed by atoms with van der Waals surface area (Å²) < 4.78 is 0. The van der Waals surface area contributed by atoms with Crippen molar-refractivity contribution in [2.75, 3.05) is 25.0 Å². The first-order chi connectivity index (χ1) is 12.7. The van der Waals surface area contributed by atoms with Gasteiger partial charge in [-0.3, -0.25) is 0 Å². The zero-order valence-electron chi connectivity index (χ0n) is 14.8. The fourth-order valence-electron chi connectivity index (χ4n) is 3.86. The number of pyridine rings is 1. The second kappa shape index (κ2) is 8.14. The van der Waals surface area contributed by atoms with Crippen molar-refractivity contribution < 1.29 is 14.7 Å². The van der Waals surface area contributed by atoms with Gasteiger partial charge >= 0.3 is 6.09 Å². The molecule has 1 aromatic heterocycles. The number of benzene rings is 1.